The van der Waals surface area contributed by atoms with E-state index in [0.29, 0.717) is 0 Å². The highest BCUT2D eigenvalue weighted by molar-refractivity contribution is 5.95. The molecule has 8 heteroatoms. The molecule has 1 heterocycles. The molecule has 0 fully saturated rings. The van der Waals surface area contributed by atoms with E-state index in [-0.39, 0.29) is 24.0 Å². The van der Waals surface area contributed by atoms with Gasteiger partial charge in [0.05, 0.1) is 0 Å². The van der Waals surface area contributed by atoms with Crippen LogP contribution in [0.15, 0.2) is 66.7 Å². The third-order valence-corrected chi connectivity index (χ3v) is 5.80. The number of carbonyl (C=O) groups is 3. The van der Waals surface area contributed by atoms with Crippen LogP contribution in [-0.2, 0) is 9.53 Å². The summed E-state index contributed by atoms with van der Waals surface area (Å²) >= 11 is 0. The van der Waals surface area contributed by atoms with Crippen molar-refractivity contribution in [2.45, 2.75) is 18.9 Å². The van der Waals surface area contributed by atoms with E-state index in [4.69, 9.17) is 9.84 Å². The number of carboxylic acids is 1. The minimum absolute atomic E-state index is 0.0158. The fourth-order valence-electron chi connectivity index (χ4n) is 3.88. The third kappa shape index (κ3) is 4.41. The van der Waals surface area contributed by atoms with Crippen LogP contribution < -0.4 is 5.32 Å². The first-order valence-electron chi connectivity index (χ1n) is 10.5. The van der Waals surface area contributed by atoms with E-state index in [0.717, 1.165) is 27.2 Å². The fraction of sp³-hybridized carbons (Fsp3) is 0.200. The molecule has 1 aliphatic rings. The van der Waals surface area contributed by atoms with Crippen LogP contribution in [0.3, 0.4) is 0 Å². The number of pyridine rings is 1. The number of carbonyl (C=O) groups excluding carboxylic acids is 2. The van der Waals surface area contributed by atoms with Crippen LogP contribution in [0.4, 0.5) is 10.6 Å². The van der Waals surface area contributed by atoms with Gasteiger partial charge in [-0.15, -0.1) is 0 Å². The van der Waals surface area contributed by atoms with Gasteiger partial charge in [-0.2, -0.15) is 0 Å². The molecule has 1 aliphatic carbocycles. The topological polar surface area (TPSA) is 109 Å². The van der Waals surface area contributed by atoms with Crippen molar-refractivity contribution in [1.29, 1.82) is 0 Å². The zero-order valence-corrected chi connectivity index (χ0v) is 18.2. The number of nitrogens with one attached hydrogen (secondary N) is 1. The van der Waals surface area contributed by atoms with Crippen molar-refractivity contribution in [3.05, 3.63) is 83.6 Å². The molecule has 0 radical (unpaired) electrons. The van der Waals surface area contributed by atoms with Crippen molar-refractivity contribution >= 4 is 23.8 Å². The number of ether oxygens (including phenoxy) is 1. The summed E-state index contributed by atoms with van der Waals surface area (Å²) in [4.78, 5) is 41.3. The van der Waals surface area contributed by atoms with Crippen molar-refractivity contribution in [2.75, 3.05) is 19.0 Å². The lowest BCUT2D eigenvalue weighted by atomic mass is 9.98. The second kappa shape index (κ2) is 9.12. The second-order valence-electron chi connectivity index (χ2n) is 7.79. The first-order valence-corrected chi connectivity index (χ1v) is 10.5. The van der Waals surface area contributed by atoms with E-state index in [2.05, 4.69) is 22.4 Å². The third-order valence-electron chi connectivity index (χ3n) is 5.80. The van der Waals surface area contributed by atoms with Gasteiger partial charge in [0.2, 0.25) is 0 Å². The molecule has 1 aromatic heterocycles. The molecule has 3 aromatic rings. The Bertz CT molecular complexity index is 1180. The average Bonchev–Trinajstić information content (AvgIpc) is 3.15. The second-order valence-corrected chi connectivity index (χ2v) is 7.79. The number of carboxylic acid groups (broad SMARTS) is 1. The summed E-state index contributed by atoms with van der Waals surface area (Å²) < 4.78 is 5.50. The maximum absolute atomic E-state index is 12.5. The smallest absolute Gasteiger partial charge is 0.412 e. The molecule has 2 aromatic carbocycles. The van der Waals surface area contributed by atoms with Crippen LogP contribution in [0.1, 0.15) is 34.5 Å². The number of hydrogen-bond donors (Lipinski definition) is 2. The monoisotopic (exact) mass is 445 g/mol. The highest BCUT2D eigenvalue weighted by Gasteiger charge is 2.29. The van der Waals surface area contributed by atoms with Crippen LogP contribution in [0.2, 0.25) is 0 Å². The predicted octanol–water partition coefficient (Wildman–Crippen LogP) is 3.99. The zero-order chi connectivity index (χ0) is 23.5. The SMILES string of the molecule is C[C@@H](C(=O)O)N(C)C(=O)c1cccc(NC(=O)OCC2c3ccccc3-c3ccccc32)n1. The van der Waals surface area contributed by atoms with Gasteiger partial charge >= 0.3 is 12.1 Å². The Hall–Kier alpha value is -4.20. The number of likely N-dealkylation sites (N-methyl/N-ethyl adjacent to an activating group) is 1. The molecule has 0 unspecified atom stereocenters. The Morgan fingerprint density at radius 3 is 2.21 bits per heavy atom. The first-order chi connectivity index (χ1) is 15.9. The predicted molar refractivity (Wildman–Crippen MR) is 122 cm³/mol. The molecule has 168 valence electrons. The summed E-state index contributed by atoms with van der Waals surface area (Å²) in [6.07, 6.45) is -0.693. The first kappa shape index (κ1) is 22.0. The van der Waals surface area contributed by atoms with E-state index in [1.54, 1.807) is 6.07 Å². The van der Waals surface area contributed by atoms with E-state index in [1.165, 1.54) is 26.1 Å². The van der Waals surface area contributed by atoms with Gasteiger partial charge in [-0.05, 0) is 41.3 Å². The molecule has 4 rings (SSSR count). The number of benzene rings is 2. The van der Waals surface area contributed by atoms with Crippen LogP contribution in [0, 0.1) is 0 Å². The molecule has 33 heavy (non-hydrogen) atoms. The maximum atomic E-state index is 12.5. The summed E-state index contributed by atoms with van der Waals surface area (Å²) in [6.45, 7) is 1.55. The van der Waals surface area contributed by atoms with Gasteiger partial charge in [0.15, 0.2) is 0 Å². The van der Waals surface area contributed by atoms with Gasteiger partial charge in [-0.3, -0.25) is 10.1 Å². The van der Waals surface area contributed by atoms with Crippen LogP contribution >= 0.6 is 0 Å². The van der Waals surface area contributed by atoms with Crippen molar-refractivity contribution in [3.63, 3.8) is 0 Å². The summed E-state index contributed by atoms with van der Waals surface area (Å²) in [5, 5.41) is 11.6. The molecule has 2 amide bonds. The molecule has 0 bridgehead atoms. The molecule has 1 atom stereocenters. The van der Waals surface area contributed by atoms with Crippen LogP contribution in [0.25, 0.3) is 11.1 Å². The minimum atomic E-state index is -1.13. The quantitative estimate of drug-likeness (QED) is 0.594. The molecule has 0 saturated heterocycles. The number of aromatic nitrogens is 1. The molecule has 8 nitrogen and oxygen atoms in total. The maximum Gasteiger partial charge on any atom is 0.412 e. The Balaban J connectivity index is 1.43. The lowest BCUT2D eigenvalue weighted by Gasteiger charge is -2.21. The van der Waals surface area contributed by atoms with Gasteiger partial charge in [0.1, 0.15) is 24.2 Å². The summed E-state index contributed by atoms with van der Waals surface area (Å²) in [5.74, 6) is -1.63. The van der Waals surface area contributed by atoms with Gasteiger partial charge in [0, 0.05) is 13.0 Å². The molecule has 0 spiro atoms. The normalized spacial score (nSPS) is 12.9. The van der Waals surface area contributed by atoms with Gasteiger partial charge in [-0.1, -0.05) is 54.6 Å². The number of aliphatic carboxylic acids is 1. The number of amides is 2. The Kier molecular flexibility index (Phi) is 6.08. The Labute approximate surface area is 190 Å². The highest BCUT2D eigenvalue weighted by Crippen LogP contribution is 2.44. The number of hydrogen-bond acceptors (Lipinski definition) is 5. The molecule has 0 saturated carbocycles. The van der Waals surface area contributed by atoms with Crippen molar-refractivity contribution in [1.82, 2.24) is 9.88 Å². The van der Waals surface area contributed by atoms with Crippen molar-refractivity contribution in [2.24, 2.45) is 0 Å². The Morgan fingerprint density at radius 2 is 1.61 bits per heavy atom. The zero-order valence-electron chi connectivity index (χ0n) is 18.2. The fourth-order valence-corrected chi connectivity index (χ4v) is 3.88. The summed E-state index contributed by atoms with van der Waals surface area (Å²) in [7, 11) is 1.38. The molecular formula is C25H23N3O5. The van der Waals surface area contributed by atoms with Crippen molar-refractivity contribution in [3.8, 4) is 11.1 Å². The number of fused-ring (bicyclic) bond motifs is 3. The van der Waals surface area contributed by atoms with E-state index in [1.807, 2.05) is 36.4 Å². The Morgan fingerprint density at radius 1 is 1.00 bits per heavy atom. The number of nitrogens with zero attached hydrogens (tertiary/aromatic N) is 2. The van der Waals surface area contributed by atoms with Gasteiger partial charge in [-0.25, -0.2) is 14.6 Å². The molecule has 0 aliphatic heterocycles. The average molecular weight is 445 g/mol. The van der Waals surface area contributed by atoms with Crippen molar-refractivity contribution < 1.29 is 24.2 Å². The van der Waals surface area contributed by atoms with Crippen LogP contribution in [-0.4, -0.2) is 52.7 Å². The molecule has 2 N–H and O–H groups in total. The van der Waals surface area contributed by atoms with Gasteiger partial charge < -0.3 is 14.7 Å². The number of anilines is 1. The minimum Gasteiger partial charge on any atom is -0.480 e. The lowest BCUT2D eigenvalue weighted by molar-refractivity contribution is -0.141. The largest absolute Gasteiger partial charge is 0.480 e. The summed E-state index contributed by atoms with van der Waals surface area (Å²) in [6, 6.07) is 19.6. The lowest BCUT2D eigenvalue weighted by Crippen LogP contribution is -2.40. The van der Waals surface area contributed by atoms with E-state index in [9.17, 15) is 14.4 Å². The number of rotatable bonds is 6. The van der Waals surface area contributed by atoms with Gasteiger partial charge in [0.25, 0.3) is 5.91 Å². The van der Waals surface area contributed by atoms with E-state index >= 15 is 0 Å². The van der Waals surface area contributed by atoms with E-state index < -0.39 is 24.0 Å². The highest BCUT2D eigenvalue weighted by atomic mass is 16.5. The summed E-state index contributed by atoms with van der Waals surface area (Å²) in [5.41, 5.74) is 4.49. The van der Waals surface area contributed by atoms with Crippen LogP contribution in [0.5, 0.6) is 0 Å². The molecular weight excluding hydrogens is 422 g/mol. The standard InChI is InChI=1S/C25H23N3O5/c1-15(24(30)31)28(2)23(29)21-12-7-13-22(26-21)27-25(32)33-14-20-18-10-5-3-8-16(18)17-9-4-6-11-19(17)20/h3-13,15,20H,14H2,1-2H3,(H,30,31)(H,26,27,32)/t15-/m0/s1.